The van der Waals surface area contributed by atoms with Crippen molar-refractivity contribution in [2.75, 3.05) is 0 Å². The minimum Gasteiger partial charge on any atom is -0.409 e. The number of amides is 1. The molecule has 0 radical (unpaired) electrons. The highest BCUT2D eigenvalue weighted by Crippen LogP contribution is 2.28. The number of nitrogens with two attached hydrogens (primary N) is 1. The van der Waals surface area contributed by atoms with Gasteiger partial charge in [-0.25, -0.2) is 0 Å². The third-order valence-corrected chi connectivity index (χ3v) is 3.69. The van der Waals surface area contributed by atoms with Crippen LogP contribution in [0.4, 0.5) is 0 Å². The van der Waals surface area contributed by atoms with Gasteiger partial charge in [-0.1, -0.05) is 19.0 Å². The van der Waals surface area contributed by atoms with Gasteiger partial charge in [-0.15, -0.1) is 0 Å². The number of carbonyl (C=O) groups is 1. The largest absolute Gasteiger partial charge is 0.409 e. The Morgan fingerprint density at radius 2 is 2.18 bits per heavy atom. The standard InChI is InChI=1S/C12H23N3O2/c1-4-9-7-6-8(3)15(9)12(16)10(5-2)11(13)14-17/h8-10,17H,4-7H2,1-3H3,(H2,13,14). The van der Waals surface area contributed by atoms with E-state index in [1.54, 1.807) is 0 Å². The molecule has 1 fully saturated rings. The Morgan fingerprint density at radius 3 is 2.65 bits per heavy atom. The zero-order chi connectivity index (χ0) is 13.0. The Kier molecular flexibility index (Phi) is 4.78. The van der Waals surface area contributed by atoms with Gasteiger partial charge in [-0.05, 0) is 32.6 Å². The maximum atomic E-state index is 12.4. The van der Waals surface area contributed by atoms with Gasteiger partial charge in [0.15, 0.2) is 5.84 Å². The molecule has 3 atom stereocenters. The lowest BCUT2D eigenvalue weighted by atomic mass is 10.0. The van der Waals surface area contributed by atoms with Gasteiger partial charge in [0.25, 0.3) is 0 Å². The number of amidine groups is 1. The van der Waals surface area contributed by atoms with E-state index in [0.29, 0.717) is 12.5 Å². The van der Waals surface area contributed by atoms with Crippen LogP contribution in [-0.2, 0) is 4.79 Å². The smallest absolute Gasteiger partial charge is 0.233 e. The van der Waals surface area contributed by atoms with Gasteiger partial charge in [0, 0.05) is 12.1 Å². The number of carbonyl (C=O) groups excluding carboxylic acids is 1. The van der Waals surface area contributed by atoms with Crippen molar-refractivity contribution in [3.63, 3.8) is 0 Å². The molecule has 1 amide bonds. The summed E-state index contributed by atoms with van der Waals surface area (Å²) < 4.78 is 0. The Balaban J connectivity index is 2.86. The van der Waals surface area contributed by atoms with E-state index in [0.717, 1.165) is 19.3 Å². The predicted molar refractivity (Wildman–Crippen MR) is 66.8 cm³/mol. The van der Waals surface area contributed by atoms with E-state index in [4.69, 9.17) is 10.9 Å². The SMILES string of the molecule is CCC(C(=O)N1C(C)CCC1CC)C(N)=NO. The second-order valence-corrected chi connectivity index (χ2v) is 4.72. The summed E-state index contributed by atoms with van der Waals surface area (Å²) in [6.07, 6.45) is 3.62. The van der Waals surface area contributed by atoms with E-state index in [1.165, 1.54) is 0 Å². The lowest BCUT2D eigenvalue weighted by molar-refractivity contribution is -0.136. The highest BCUT2D eigenvalue weighted by atomic mass is 16.4. The van der Waals surface area contributed by atoms with Crippen LogP contribution in [0.1, 0.15) is 46.5 Å². The van der Waals surface area contributed by atoms with Crippen LogP contribution in [0.3, 0.4) is 0 Å². The summed E-state index contributed by atoms with van der Waals surface area (Å²) in [5.74, 6) is -0.472. The Morgan fingerprint density at radius 1 is 1.53 bits per heavy atom. The summed E-state index contributed by atoms with van der Waals surface area (Å²) in [5, 5.41) is 11.7. The molecule has 0 spiro atoms. The summed E-state index contributed by atoms with van der Waals surface area (Å²) in [7, 11) is 0. The number of likely N-dealkylation sites (tertiary alicyclic amines) is 1. The van der Waals surface area contributed by atoms with Crippen molar-refractivity contribution in [3.05, 3.63) is 0 Å². The van der Waals surface area contributed by atoms with Crippen molar-refractivity contribution in [3.8, 4) is 0 Å². The first-order valence-corrected chi connectivity index (χ1v) is 6.36. The molecule has 0 aromatic heterocycles. The Hall–Kier alpha value is -1.26. The second kappa shape index (κ2) is 5.89. The molecular weight excluding hydrogens is 218 g/mol. The van der Waals surface area contributed by atoms with Gasteiger partial charge >= 0.3 is 0 Å². The van der Waals surface area contributed by atoms with Crippen molar-refractivity contribution in [2.24, 2.45) is 16.8 Å². The minimum absolute atomic E-state index is 0.000324. The van der Waals surface area contributed by atoms with Gasteiger partial charge in [-0.3, -0.25) is 4.79 Å². The zero-order valence-electron chi connectivity index (χ0n) is 10.9. The highest BCUT2D eigenvalue weighted by Gasteiger charge is 2.37. The third-order valence-electron chi connectivity index (χ3n) is 3.69. The average molecular weight is 241 g/mol. The highest BCUT2D eigenvalue weighted by molar-refractivity contribution is 6.02. The topological polar surface area (TPSA) is 78.9 Å². The minimum atomic E-state index is -0.491. The first-order valence-electron chi connectivity index (χ1n) is 6.36. The number of rotatable bonds is 4. The van der Waals surface area contributed by atoms with Crippen LogP contribution in [0.5, 0.6) is 0 Å². The molecule has 3 unspecified atom stereocenters. The Bertz CT molecular complexity index is 304. The fourth-order valence-electron chi connectivity index (χ4n) is 2.63. The predicted octanol–water partition coefficient (Wildman–Crippen LogP) is 1.55. The summed E-state index contributed by atoms with van der Waals surface area (Å²) in [6.45, 7) is 6.03. The van der Waals surface area contributed by atoms with Gasteiger partial charge in [0.2, 0.25) is 5.91 Å². The summed E-state index contributed by atoms with van der Waals surface area (Å²) in [4.78, 5) is 14.3. The molecule has 0 saturated carbocycles. The summed E-state index contributed by atoms with van der Waals surface area (Å²) in [5.41, 5.74) is 5.58. The van der Waals surface area contributed by atoms with Crippen molar-refractivity contribution in [1.82, 2.24) is 4.90 Å². The quantitative estimate of drug-likeness (QED) is 0.339. The van der Waals surface area contributed by atoms with Crippen LogP contribution in [0, 0.1) is 5.92 Å². The molecule has 98 valence electrons. The normalized spacial score (nSPS) is 27.2. The second-order valence-electron chi connectivity index (χ2n) is 4.72. The van der Waals surface area contributed by atoms with Gasteiger partial charge in [0.05, 0.1) is 5.92 Å². The van der Waals surface area contributed by atoms with Crippen LogP contribution in [0.25, 0.3) is 0 Å². The van der Waals surface area contributed by atoms with Crippen LogP contribution >= 0.6 is 0 Å². The van der Waals surface area contributed by atoms with E-state index in [-0.39, 0.29) is 17.8 Å². The molecule has 5 nitrogen and oxygen atoms in total. The van der Waals surface area contributed by atoms with E-state index in [2.05, 4.69) is 19.0 Å². The maximum absolute atomic E-state index is 12.4. The third kappa shape index (κ3) is 2.70. The molecule has 0 aromatic rings. The molecule has 1 saturated heterocycles. The molecule has 3 N–H and O–H groups in total. The van der Waals surface area contributed by atoms with E-state index in [9.17, 15) is 4.79 Å². The number of nitrogens with zero attached hydrogens (tertiary/aromatic N) is 2. The molecule has 1 rings (SSSR count). The number of hydrogen-bond acceptors (Lipinski definition) is 3. The number of hydrogen-bond donors (Lipinski definition) is 2. The molecule has 0 aromatic carbocycles. The monoisotopic (exact) mass is 241 g/mol. The van der Waals surface area contributed by atoms with Crippen LogP contribution < -0.4 is 5.73 Å². The van der Waals surface area contributed by atoms with Gasteiger partial charge in [-0.2, -0.15) is 0 Å². The van der Waals surface area contributed by atoms with Crippen molar-refractivity contribution in [1.29, 1.82) is 0 Å². The number of oxime groups is 1. The molecule has 0 aliphatic carbocycles. The Labute approximate surface area is 103 Å². The van der Waals surface area contributed by atoms with Crippen LogP contribution in [0.2, 0.25) is 0 Å². The molecule has 0 bridgehead atoms. The first-order chi connectivity index (χ1) is 8.06. The molecule has 1 aliphatic heterocycles. The average Bonchev–Trinajstić information content (AvgIpc) is 2.70. The van der Waals surface area contributed by atoms with E-state index in [1.807, 2.05) is 11.8 Å². The van der Waals surface area contributed by atoms with E-state index < -0.39 is 5.92 Å². The molecule has 5 heteroatoms. The maximum Gasteiger partial charge on any atom is 0.233 e. The molecule has 1 aliphatic rings. The van der Waals surface area contributed by atoms with Crippen LogP contribution in [-0.4, -0.2) is 33.9 Å². The van der Waals surface area contributed by atoms with E-state index >= 15 is 0 Å². The summed E-state index contributed by atoms with van der Waals surface area (Å²) in [6, 6.07) is 0.561. The van der Waals surface area contributed by atoms with Crippen molar-refractivity contribution >= 4 is 11.7 Å². The molecular formula is C12H23N3O2. The molecule has 1 heterocycles. The zero-order valence-corrected chi connectivity index (χ0v) is 10.9. The van der Waals surface area contributed by atoms with Gasteiger partial charge in [0.1, 0.15) is 0 Å². The summed E-state index contributed by atoms with van der Waals surface area (Å²) >= 11 is 0. The van der Waals surface area contributed by atoms with Gasteiger partial charge < -0.3 is 15.8 Å². The lowest BCUT2D eigenvalue weighted by Gasteiger charge is -2.31. The van der Waals surface area contributed by atoms with Crippen LogP contribution in [0.15, 0.2) is 5.16 Å². The lowest BCUT2D eigenvalue weighted by Crippen LogP contribution is -2.46. The fourth-order valence-corrected chi connectivity index (χ4v) is 2.63. The first kappa shape index (κ1) is 13.8. The van der Waals surface area contributed by atoms with Crippen molar-refractivity contribution < 1.29 is 10.0 Å². The fraction of sp³-hybridized carbons (Fsp3) is 0.833. The van der Waals surface area contributed by atoms with Crippen molar-refractivity contribution in [2.45, 2.75) is 58.5 Å². The molecule has 17 heavy (non-hydrogen) atoms.